The lowest BCUT2D eigenvalue weighted by Crippen LogP contribution is -2.44. The van der Waals surface area contributed by atoms with Crippen LogP contribution in [-0.4, -0.2) is 43.5 Å². The molecule has 5 nitrogen and oxygen atoms in total. The summed E-state index contributed by atoms with van der Waals surface area (Å²) in [6.45, 7) is 1.28. The zero-order valence-corrected chi connectivity index (χ0v) is 16.7. The van der Waals surface area contributed by atoms with Crippen LogP contribution in [0.4, 0.5) is 4.39 Å². The molecule has 154 valence electrons. The Morgan fingerprint density at radius 3 is 2.45 bits per heavy atom. The molecule has 0 unspecified atom stereocenters. The number of carbonyl (C=O) groups excluding carboxylic acids is 2. The highest BCUT2D eigenvalue weighted by atomic mass is 19.1. The number of halogens is 1. The molecule has 3 rings (SSSR count). The van der Waals surface area contributed by atoms with Gasteiger partial charge in [0.15, 0.2) is 0 Å². The van der Waals surface area contributed by atoms with Crippen LogP contribution in [0.5, 0.6) is 5.75 Å². The molecule has 0 spiro atoms. The van der Waals surface area contributed by atoms with E-state index in [9.17, 15) is 14.0 Å². The maximum Gasteiger partial charge on any atom is 0.254 e. The lowest BCUT2D eigenvalue weighted by molar-refractivity contribution is -0.131. The van der Waals surface area contributed by atoms with Crippen molar-refractivity contribution in [3.8, 4) is 5.75 Å². The first-order valence-electron chi connectivity index (χ1n) is 10.00. The number of methoxy groups -OCH3 is 1. The van der Waals surface area contributed by atoms with Crippen molar-refractivity contribution in [2.75, 3.05) is 26.7 Å². The van der Waals surface area contributed by atoms with Crippen molar-refractivity contribution in [3.05, 3.63) is 65.5 Å². The molecular weight excluding hydrogens is 371 g/mol. The van der Waals surface area contributed by atoms with Crippen LogP contribution < -0.4 is 10.1 Å². The second-order valence-corrected chi connectivity index (χ2v) is 7.37. The molecule has 1 saturated heterocycles. The summed E-state index contributed by atoms with van der Waals surface area (Å²) in [6, 6.07) is 13.9. The van der Waals surface area contributed by atoms with Crippen molar-refractivity contribution in [1.82, 2.24) is 10.2 Å². The maximum atomic E-state index is 13.6. The minimum Gasteiger partial charge on any atom is -0.497 e. The average molecular weight is 398 g/mol. The van der Waals surface area contributed by atoms with Crippen LogP contribution in [0.25, 0.3) is 0 Å². The maximum absolute atomic E-state index is 13.6. The molecule has 0 radical (unpaired) electrons. The summed E-state index contributed by atoms with van der Waals surface area (Å²) in [5.41, 5.74) is 1.25. The van der Waals surface area contributed by atoms with Crippen LogP contribution in [0.15, 0.2) is 48.5 Å². The first-order chi connectivity index (χ1) is 14.1. The molecule has 0 saturated carbocycles. The van der Waals surface area contributed by atoms with E-state index < -0.39 is 11.7 Å². The van der Waals surface area contributed by atoms with Crippen LogP contribution in [0, 0.1) is 11.7 Å². The number of likely N-dealkylation sites (tertiary alicyclic amines) is 1. The number of piperidine rings is 1. The molecule has 1 aliphatic rings. The highest BCUT2D eigenvalue weighted by Gasteiger charge is 2.23. The number of amides is 2. The lowest BCUT2D eigenvalue weighted by atomic mass is 9.90. The van der Waals surface area contributed by atoms with Crippen molar-refractivity contribution in [3.63, 3.8) is 0 Å². The van der Waals surface area contributed by atoms with Gasteiger partial charge in [-0.3, -0.25) is 9.59 Å². The summed E-state index contributed by atoms with van der Waals surface area (Å²) in [6.07, 6.45) is 4.03. The Hall–Kier alpha value is -2.89. The number of hydrogen-bond donors (Lipinski definition) is 1. The van der Waals surface area contributed by atoms with Crippen molar-refractivity contribution in [2.24, 2.45) is 5.92 Å². The van der Waals surface area contributed by atoms with Crippen molar-refractivity contribution in [2.45, 2.75) is 25.7 Å². The van der Waals surface area contributed by atoms with Crippen LogP contribution in [0.3, 0.4) is 0 Å². The van der Waals surface area contributed by atoms with E-state index in [1.165, 1.54) is 23.8 Å². The summed E-state index contributed by atoms with van der Waals surface area (Å²) in [5, 5.41) is 2.52. The molecule has 0 atom stereocenters. The summed E-state index contributed by atoms with van der Waals surface area (Å²) >= 11 is 0. The molecule has 2 amide bonds. The quantitative estimate of drug-likeness (QED) is 0.777. The normalized spacial score (nSPS) is 14.5. The first kappa shape index (κ1) is 20.8. The Balaban J connectivity index is 1.38. The zero-order valence-electron chi connectivity index (χ0n) is 16.7. The van der Waals surface area contributed by atoms with Crippen molar-refractivity contribution < 1.29 is 18.7 Å². The second-order valence-electron chi connectivity index (χ2n) is 7.37. The van der Waals surface area contributed by atoms with Gasteiger partial charge < -0.3 is 15.0 Å². The number of ether oxygens (including phenoxy) is 1. The van der Waals surface area contributed by atoms with Crippen LogP contribution in [-0.2, 0) is 11.2 Å². The topological polar surface area (TPSA) is 58.6 Å². The molecule has 2 aromatic carbocycles. The summed E-state index contributed by atoms with van der Waals surface area (Å²) in [5.74, 6) is 0.182. The van der Waals surface area contributed by atoms with Gasteiger partial charge in [0.25, 0.3) is 5.91 Å². The van der Waals surface area contributed by atoms with E-state index in [0.29, 0.717) is 19.0 Å². The molecule has 1 heterocycles. The number of aryl methyl sites for hydroxylation is 1. The minimum absolute atomic E-state index is 0.0439. The van der Waals surface area contributed by atoms with Gasteiger partial charge in [-0.1, -0.05) is 24.3 Å². The number of hydrogen-bond acceptors (Lipinski definition) is 3. The third-order valence-electron chi connectivity index (χ3n) is 5.49. The van der Waals surface area contributed by atoms with Gasteiger partial charge in [-0.15, -0.1) is 0 Å². The van der Waals surface area contributed by atoms with Crippen molar-refractivity contribution in [1.29, 1.82) is 0 Å². The average Bonchev–Trinajstić information content (AvgIpc) is 2.77. The molecule has 1 fully saturated rings. The summed E-state index contributed by atoms with van der Waals surface area (Å²) in [4.78, 5) is 26.2. The van der Waals surface area contributed by atoms with Gasteiger partial charge in [0, 0.05) is 13.1 Å². The molecule has 1 aliphatic heterocycles. The predicted octanol–water partition coefficient (Wildman–Crippen LogP) is 3.44. The van der Waals surface area contributed by atoms with E-state index in [-0.39, 0.29) is 18.0 Å². The number of rotatable bonds is 7. The standard InChI is InChI=1S/C23H27FN2O3/c1-29-19-10-8-17(9-11-19)6-7-18-12-14-26(15-13-18)22(27)16-25-23(28)20-4-2-3-5-21(20)24/h2-5,8-11,18H,6-7,12-16H2,1H3,(H,25,28). The van der Waals surface area contributed by atoms with E-state index in [4.69, 9.17) is 4.74 Å². The Morgan fingerprint density at radius 2 is 1.79 bits per heavy atom. The zero-order chi connectivity index (χ0) is 20.6. The molecule has 0 aliphatic carbocycles. The molecule has 2 aromatic rings. The fraction of sp³-hybridized carbons (Fsp3) is 0.391. The Bertz CT molecular complexity index is 830. The Labute approximate surface area is 170 Å². The molecule has 0 bridgehead atoms. The fourth-order valence-electron chi connectivity index (χ4n) is 3.64. The molecule has 6 heteroatoms. The Morgan fingerprint density at radius 1 is 1.10 bits per heavy atom. The van der Waals surface area contributed by atoms with Crippen LogP contribution in [0.2, 0.25) is 0 Å². The highest BCUT2D eigenvalue weighted by molar-refractivity contribution is 5.96. The smallest absolute Gasteiger partial charge is 0.254 e. The van der Waals surface area contributed by atoms with E-state index in [2.05, 4.69) is 17.4 Å². The number of nitrogens with one attached hydrogen (secondary N) is 1. The van der Waals surface area contributed by atoms with Crippen molar-refractivity contribution >= 4 is 11.8 Å². The van der Waals surface area contributed by atoms with Gasteiger partial charge in [-0.25, -0.2) is 4.39 Å². The van der Waals surface area contributed by atoms with Gasteiger partial charge >= 0.3 is 0 Å². The van der Waals surface area contributed by atoms with Crippen LogP contribution in [0.1, 0.15) is 35.2 Å². The third kappa shape index (κ3) is 5.79. The lowest BCUT2D eigenvalue weighted by Gasteiger charge is -2.32. The summed E-state index contributed by atoms with van der Waals surface area (Å²) < 4.78 is 18.8. The molecule has 29 heavy (non-hydrogen) atoms. The van der Waals surface area contributed by atoms with Crippen LogP contribution >= 0.6 is 0 Å². The fourth-order valence-corrected chi connectivity index (χ4v) is 3.64. The van der Waals surface area contributed by atoms with Gasteiger partial charge in [-0.05, 0) is 61.4 Å². The van der Waals surface area contributed by atoms with E-state index in [1.807, 2.05) is 12.1 Å². The Kier molecular flexibility index (Phi) is 7.22. The number of nitrogens with zero attached hydrogens (tertiary/aromatic N) is 1. The van der Waals surface area contributed by atoms with E-state index >= 15 is 0 Å². The van der Waals surface area contributed by atoms with Gasteiger partial charge in [0.05, 0.1) is 19.2 Å². The summed E-state index contributed by atoms with van der Waals surface area (Å²) in [7, 11) is 1.66. The molecule has 0 aromatic heterocycles. The highest BCUT2D eigenvalue weighted by Crippen LogP contribution is 2.23. The third-order valence-corrected chi connectivity index (χ3v) is 5.49. The predicted molar refractivity (Wildman–Crippen MR) is 109 cm³/mol. The molecule has 1 N–H and O–H groups in total. The number of carbonyl (C=O) groups is 2. The SMILES string of the molecule is COc1ccc(CCC2CCN(C(=O)CNC(=O)c3ccccc3F)CC2)cc1. The van der Waals surface area contributed by atoms with Gasteiger partial charge in [0.2, 0.25) is 5.91 Å². The first-order valence-corrected chi connectivity index (χ1v) is 10.00. The largest absolute Gasteiger partial charge is 0.497 e. The minimum atomic E-state index is -0.588. The van der Waals surface area contributed by atoms with Gasteiger partial charge in [-0.2, -0.15) is 0 Å². The van der Waals surface area contributed by atoms with E-state index in [1.54, 1.807) is 18.1 Å². The molecular formula is C23H27FN2O3. The monoisotopic (exact) mass is 398 g/mol. The second kappa shape index (κ2) is 10.0. The van der Waals surface area contributed by atoms with E-state index in [0.717, 1.165) is 31.4 Å². The number of benzene rings is 2. The van der Waals surface area contributed by atoms with Gasteiger partial charge in [0.1, 0.15) is 11.6 Å².